The van der Waals surface area contributed by atoms with Crippen molar-refractivity contribution in [3.63, 3.8) is 0 Å². The minimum absolute atomic E-state index is 0.0214. The minimum Gasteiger partial charge on any atom is -0.445 e. The van der Waals surface area contributed by atoms with Crippen LogP contribution >= 0.6 is 0 Å². The van der Waals surface area contributed by atoms with Crippen molar-refractivity contribution in [2.45, 2.75) is 50.5 Å². The molecule has 1 fully saturated rings. The number of aryl methyl sites for hydroxylation is 3. The van der Waals surface area contributed by atoms with Crippen LogP contribution in [0.15, 0.2) is 72.0 Å². The van der Waals surface area contributed by atoms with E-state index in [0.717, 1.165) is 25.6 Å². The first-order valence-corrected chi connectivity index (χ1v) is 14.5. The number of hydrogen-bond donors (Lipinski definition) is 0. The van der Waals surface area contributed by atoms with Crippen LogP contribution in [0.25, 0.3) is 11.0 Å². The first-order chi connectivity index (χ1) is 19.0. The Bertz CT molecular complexity index is 1620. The summed E-state index contributed by atoms with van der Waals surface area (Å²) in [4.78, 5) is 22.1. The maximum absolute atomic E-state index is 15.1. The van der Waals surface area contributed by atoms with Crippen molar-refractivity contribution in [2.75, 3.05) is 13.1 Å². The van der Waals surface area contributed by atoms with Crippen LogP contribution in [0.5, 0.6) is 0 Å². The summed E-state index contributed by atoms with van der Waals surface area (Å²) in [5.41, 5.74) is 3.49. The Kier molecular flexibility index (Phi) is 7.59. The number of likely N-dealkylation sites (tertiary alicyclic amines) is 1. The van der Waals surface area contributed by atoms with Gasteiger partial charge in [-0.25, -0.2) is 35.9 Å². The van der Waals surface area contributed by atoms with E-state index >= 15 is 8.78 Å². The van der Waals surface area contributed by atoms with Crippen molar-refractivity contribution in [3.8, 4) is 0 Å². The molecule has 0 radical (unpaired) electrons. The molecule has 1 atom stereocenters. The second-order valence-corrected chi connectivity index (χ2v) is 12.0. The molecule has 0 N–H and O–H groups in total. The standard InChI is InChI=1S/C29H30F2N4O4S/c1-20-3-7-22(8-4-20)17-39-28(36)34-15-13-23(29(30,31)18-34)9-12-26-25-14-16-35(27(25)33-19-32-26)40(37,38)24-10-5-21(2)6-11-24/h3-8,10-11,14,16,19,23H,9,12-13,15,17-18H2,1-2H3/t23-/m0/s1. The molecular formula is C29H30F2N4O4S. The van der Waals surface area contributed by atoms with E-state index in [4.69, 9.17) is 4.74 Å². The fraction of sp³-hybridized carbons (Fsp3) is 0.345. The van der Waals surface area contributed by atoms with Gasteiger partial charge in [-0.3, -0.25) is 0 Å². The Morgan fingerprint density at radius 2 is 1.70 bits per heavy atom. The molecule has 210 valence electrons. The summed E-state index contributed by atoms with van der Waals surface area (Å²) in [7, 11) is -3.89. The summed E-state index contributed by atoms with van der Waals surface area (Å²) < 4.78 is 63.0. The largest absolute Gasteiger partial charge is 0.445 e. The molecule has 2 aromatic carbocycles. The number of ether oxygens (including phenoxy) is 1. The number of nitrogens with zero attached hydrogens (tertiary/aromatic N) is 4. The fourth-order valence-corrected chi connectivity index (χ4v) is 6.23. The van der Waals surface area contributed by atoms with Gasteiger partial charge in [-0.1, -0.05) is 47.5 Å². The van der Waals surface area contributed by atoms with Gasteiger partial charge in [-0.05, 0) is 56.9 Å². The number of amides is 1. The third-order valence-electron chi connectivity index (χ3n) is 7.33. The molecule has 0 aliphatic carbocycles. The van der Waals surface area contributed by atoms with Gasteiger partial charge >= 0.3 is 6.09 Å². The van der Waals surface area contributed by atoms with Crippen molar-refractivity contribution < 1.29 is 26.7 Å². The van der Waals surface area contributed by atoms with E-state index < -0.39 is 34.5 Å². The van der Waals surface area contributed by atoms with E-state index in [0.29, 0.717) is 11.1 Å². The molecule has 5 rings (SSSR count). The fourth-order valence-electron chi connectivity index (χ4n) is 4.93. The molecule has 1 aliphatic heterocycles. The summed E-state index contributed by atoms with van der Waals surface area (Å²) >= 11 is 0. The summed E-state index contributed by atoms with van der Waals surface area (Å²) in [6, 6.07) is 15.6. The first kappa shape index (κ1) is 27.7. The van der Waals surface area contributed by atoms with Gasteiger partial charge in [0.1, 0.15) is 12.9 Å². The Balaban J connectivity index is 1.24. The highest BCUT2D eigenvalue weighted by Crippen LogP contribution is 2.36. The van der Waals surface area contributed by atoms with Crippen LogP contribution in [-0.4, -0.2) is 52.4 Å². The van der Waals surface area contributed by atoms with Gasteiger partial charge in [0.2, 0.25) is 0 Å². The smallest absolute Gasteiger partial charge is 0.410 e. The average molecular weight is 569 g/mol. The third kappa shape index (κ3) is 5.70. The maximum Gasteiger partial charge on any atom is 0.410 e. The number of carbonyl (C=O) groups excluding carboxylic acids is 1. The van der Waals surface area contributed by atoms with E-state index in [-0.39, 0.29) is 43.0 Å². The number of alkyl halides is 2. The van der Waals surface area contributed by atoms with E-state index in [1.165, 1.54) is 24.7 Å². The number of fused-ring (bicyclic) bond motifs is 1. The van der Waals surface area contributed by atoms with E-state index in [9.17, 15) is 13.2 Å². The molecule has 1 aliphatic rings. The molecule has 0 unspecified atom stereocenters. The van der Waals surface area contributed by atoms with Crippen LogP contribution in [0, 0.1) is 19.8 Å². The molecule has 8 nitrogen and oxygen atoms in total. The van der Waals surface area contributed by atoms with Crippen molar-refractivity contribution in [1.82, 2.24) is 18.8 Å². The zero-order valence-electron chi connectivity index (χ0n) is 22.3. The van der Waals surface area contributed by atoms with Crippen LogP contribution in [0.1, 0.15) is 35.2 Å². The lowest BCUT2D eigenvalue weighted by Gasteiger charge is -2.37. The SMILES string of the molecule is Cc1ccc(COC(=O)N2CC[C@H](CCc3ncnc4c3ccn4S(=O)(=O)c3ccc(C)cc3)C(F)(F)C2)cc1. The normalized spacial score (nSPS) is 17.2. The minimum atomic E-state index is -3.89. The monoisotopic (exact) mass is 568 g/mol. The second-order valence-electron chi connectivity index (χ2n) is 10.2. The van der Waals surface area contributed by atoms with Gasteiger partial charge in [0, 0.05) is 24.0 Å². The van der Waals surface area contributed by atoms with Crippen LogP contribution in [-0.2, 0) is 27.8 Å². The van der Waals surface area contributed by atoms with Crippen LogP contribution in [0.2, 0.25) is 0 Å². The zero-order valence-corrected chi connectivity index (χ0v) is 23.1. The lowest BCUT2D eigenvalue weighted by molar-refractivity contribution is -0.108. The lowest BCUT2D eigenvalue weighted by Crippen LogP contribution is -2.50. The molecule has 3 heterocycles. The van der Waals surface area contributed by atoms with Gasteiger partial charge in [0.05, 0.1) is 17.1 Å². The first-order valence-electron chi connectivity index (χ1n) is 13.0. The van der Waals surface area contributed by atoms with Gasteiger partial charge in [-0.2, -0.15) is 0 Å². The van der Waals surface area contributed by atoms with Crippen LogP contribution < -0.4 is 0 Å². The topological polar surface area (TPSA) is 94.4 Å². The van der Waals surface area contributed by atoms with Crippen molar-refractivity contribution in [3.05, 3.63) is 89.5 Å². The molecule has 11 heteroatoms. The summed E-state index contributed by atoms with van der Waals surface area (Å²) in [6.45, 7) is 3.29. The second kappa shape index (κ2) is 11.0. The molecule has 4 aromatic rings. The number of piperidine rings is 1. The number of rotatable bonds is 7. The van der Waals surface area contributed by atoms with Crippen LogP contribution in [0.3, 0.4) is 0 Å². The van der Waals surface area contributed by atoms with E-state index in [2.05, 4.69) is 9.97 Å². The summed E-state index contributed by atoms with van der Waals surface area (Å²) in [6.07, 6.45) is 2.36. The Labute approximate surface area is 231 Å². The van der Waals surface area contributed by atoms with Crippen LogP contribution in [0.4, 0.5) is 13.6 Å². The Morgan fingerprint density at radius 3 is 2.38 bits per heavy atom. The number of halogens is 2. The predicted molar refractivity (Wildman–Crippen MR) is 146 cm³/mol. The molecule has 0 bridgehead atoms. The number of aromatic nitrogens is 3. The molecule has 0 spiro atoms. The highest BCUT2D eigenvalue weighted by molar-refractivity contribution is 7.90. The van der Waals surface area contributed by atoms with E-state index in [1.807, 2.05) is 38.1 Å². The van der Waals surface area contributed by atoms with Gasteiger partial charge < -0.3 is 9.64 Å². The van der Waals surface area contributed by atoms with Crippen molar-refractivity contribution in [1.29, 1.82) is 0 Å². The van der Waals surface area contributed by atoms with Gasteiger partial charge in [0.25, 0.3) is 15.9 Å². The highest BCUT2D eigenvalue weighted by atomic mass is 32.2. The Hall–Kier alpha value is -3.86. The summed E-state index contributed by atoms with van der Waals surface area (Å²) in [5, 5.41) is 0.499. The van der Waals surface area contributed by atoms with E-state index in [1.54, 1.807) is 18.2 Å². The maximum atomic E-state index is 15.1. The van der Waals surface area contributed by atoms with Crippen molar-refractivity contribution >= 4 is 27.1 Å². The number of carbonyl (C=O) groups is 1. The highest BCUT2D eigenvalue weighted by Gasteiger charge is 2.45. The molecule has 1 saturated heterocycles. The summed E-state index contributed by atoms with van der Waals surface area (Å²) in [5.74, 6) is -4.06. The van der Waals surface area contributed by atoms with Gasteiger partial charge in [-0.15, -0.1) is 0 Å². The number of hydrogen-bond acceptors (Lipinski definition) is 6. The van der Waals surface area contributed by atoms with Crippen molar-refractivity contribution in [2.24, 2.45) is 5.92 Å². The third-order valence-corrected chi connectivity index (χ3v) is 9.01. The molecule has 40 heavy (non-hydrogen) atoms. The average Bonchev–Trinajstić information content (AvgIpc) is 3.38. The molecule has 2 aromatic heterocycles. The lowest BCUT2D eigenvalue weighted by atomic mass is 9.88. The zero-order chi connectivity index (χ0) is 28.5. The molecule has 1 amide bonds. The Morgan fingerprint density at radius 1 is 1.02 bits per heavy atom. The predicted octanol–water partition coefficient (Wildman–Crippen LogP) is 5.51. The number of benzene rings is 2. The quantitative estimate of drug-likeness (QED) is 0.292. The van der Waals surface area contributed by atoms with Gasteiger partial charge in [0.15, 0.2) is 5.65 Å². The molecule has 0 saturated carbocycles. The molecular weight excluding hydrogens is 538 g/mol.